The first-order valence-electron chi connectivity index (χ1n) is 16.0. The molecule has 6 rings (SSSR count). The van der Waals surface area contributed by atoms with Crippen LogP contribution in [0.3, 0.4) is 0 Å². The highest BCUT2D eigenvalue weighted by Gasteiger charge is 2.35. The van der Waals surface area contributed by atoms with Gasteiger partial charge in [0.15, 0.2) is 11.6 Å². The van der Waals surface area contributed by atoms with Crippen molar-refractivity contribution in [3.05, 3.63) is 128 Å². The van der Waals surface area contributed by atoms with Crippen LogP contribution in [-0.4, -0.2) is 59.9 Å². The number of nitrogens with one attached hydrogen (secondary N) is 1. The van der Waals surface area contributed by atoms with Crippen LogP contribution < -0.4 is 32.1 Å². The van der Waals surface area contributed by atoms with E-state index in [9.17, 15) is 27.6 Å². The number of rotatable bonds is 9. The van der Waals surface area contributed by atoms with Crippen LogP contribution in [0, 0.1) is 11.6 Å². The molecule has 0 atom stereocenters. The van der Waals surface area contributed by atoms with E-state index in [4.69, 9.17) is 4.74 Å². The number of thiophene rings is 1. The molecule has 5 aromatic rings. The molecule has 0 bridgehead atoms. The first-order chi connectivity index (χ1) is 25.7. The number of hydroxylamine groups is 1. The monoisotopic (exact) mass is 771 g/mol. The molecule has 0 fully saturated rings. The number of nitrogens with zero attached hydrogens (tertiary/aromatic N) is 5. The summed E-state index contributed by atoms with van der Waals surface area (Å²) in [7, 11) is 6.04. The zero-order valence-electron chi connectivity index (χ0n) is 29.3. The Bertz CT molecular complexity index is 2350. The predicted octanol–water partition coefficient (Wildman–Crippen LogP) is 5.80. The van der Waals surface area contributed by atoms with Crippen LogP contribution in [0.25, 0.3) is 26.3 Å². The molecule has 0 aliphatic carbocycles. The third-order valence-corrected chi connectivity index (χ3v) is 9.32. The predicted molar refractivity (Wildman–Crippen MR) is 195 cm³/mol. The van der Waals surface area contributed by atoms with Crippen molar-refractivity contribution in [3.63, 3.8) is 0 Å². The maximum absolute atomic E-state index is 15.7. The van der Waals surface area contributed by atoms with Gasteiger partial charge in [-0.1, -0.05) is 24.3 Å². The van der Waals surface area contributed by atoms with Gasteiger partial charge >= 0.3 is 17.9 Å². The van der Waals surface area contributed by atoms with E-state index in [1.54, 1.807) is 37.3 Å². The summed E-state index contributed by atoms with van der Waals surface area (Å²) in [6, 6.07) is 9.26. The van der Waals surface area contributed by atoms with Gasteiger partial charge in [0, 0.05) is 41.5 Å². The number of hydrogen-bond acceptors (Lipinski definition) is 9. The second-order valence-electron chi connectivity index (χ2n) is 11.9. The van der Waals surface area contributed by atoms with Gasteiger partial charge in [0.05, 0.1) is 37.4 Å². The van der Waals surface area contributed by atoms with E-state index in [2.05, 4.69) is 15.6 Å². The topological polar surface area (TPSA) is 137 Å². The zero-order valence-corrected chi connectivity index (χ0v) is 30.1. The number of halogens is 5. The minimum absolute atomic E-state index is 0.000888. The molecule has 3 N–H and O–H groups in total. The number of hydrogen-bond donors (Lipinski definition) is 2. The standard InChI is InChI=1S/C34H28F5N5O3S.C2H6N2O2/c1-41(2)18-22-28-31(45)44(25-11-8-12-26(47-3)29(25)36)33(46)43(19-21-23(34(37,38)39)9-7-10-24(21)35)32(28)48-30(22)20-13-14-27(40-17-20)42-15-5-4-6-16-42;1-6-4-2(3)5/h4-15,17H,16,18-19H2,1-3H3;1H3,(H3,3,4,5). The van der Waals surface area contributed by atoms with Crippen molar-refractivity contribution in [2.45, 2.75) is 19.3 Å². The number of fused-ring (bicyclic) bond motifs is 1. The molecule has 0 radical (unpaired) electrons. The second kappa shape index (κ2) is 16.4. The highest BCUT2D eigenvalue weighted by Crippen LogP contribution is 2.39. The van der Waals surface area contributed by atoms with Gasteiger partial charge in [0.1, 0.15) is 16.5 Å². The minimum Gasteiger partial charge on any atom is -0.494 e. The maximum atomic E-state index is 15.7. The van der Waals surface area contributed by atoms with E-state index in [0.29, 0.717) is 32.9 Å². The second-order valence-corrected chi connectivity index (χ2v) is 12.9. The molecule has 1 aliphatic heterocycles. The molecule has 4 heterocycles. The van der Waals surface area contributed by atoms with Crippen LogP contribution in [0.15, 0.2) is 88.7 Å². The molecule has 284 valence electrons. The lowest BCUT2D eigenvalue weighted by Crippen LogP contribution is -2.40. The molecule has 0 unspecified atom stereocenters. The number of pyridine rings is 1. The number of amides is 2. The first-order valence-corrected chi connectivity index (χ1v) is 16.8. The Labute approximate surface area is 308 Å². The van der Waals surface area contributed by atoms with Crippen LogP contribution >= 0.6 is 11.3 Å². The number of allylic oxidation sites excluding steroid dienone is 2. The summed E-state index contributed by atoms with van der Waals surface area (Å²) in [6.45, 7) is -0.116. The van der Waals surface area contributed by atoms with E-state index in [1.807, 2.05) is 34.8 Å². The fourth-order valence-electron chi connectivity index (χ4n) is 5.72. The molecule has 54 heavy (non-hydrogen) atoms. The summed E-state index contributed by atoms with van der Waals surface area (Å²) in [6.07, 6.45) is 4.28. The normalized spacial score (nSPS) is 12.6. The van der Waals surface area contributed by atoms with Crippen molar-refractivity contribution < 1.29 is 36.3 Å². The summed E-state index contributed by atoms with van der Waals surface area (Å²) in [5.41, 5.74) is 2.80. The van der Waals surface area contributed by atoms with Gasteiger partial charge in [-0.05, 0) is 62.1 Å². The molecule has 18 heteroatoms. The fraction of sp³-hybridized carbons (Fsp3) is 0.222. The van der Waals surface area contributed by atoms with Gasteiger partial charge < -0.3 is 20.3 Å². The molecule has 12 nitrogen and oxygen atoms in total. The average molecular weight is 772 g/mol. The molecule has 0 spiro atoms. The van der Waals surface area contributed by atoms with Crippen LogP contribution in [0.5, 0.6) is 5.75 Å². The number of carbonyl (C=O) groups is 1. The number of nitrogens with two attached hydrogens (primary N) is 1. The van der Waals surface area contributed by atoms with Gasteiger partial charge in [-0.2, -0.15) is 13.2 Å². The van der Waals surface area contributed by atoms with Crippen molar-refractivity contribution in [2.24, 2.45) is 5.73 Å². The van der Waals surface area contributed by atoms with E-state index >= 15 is 8.78 Å². The number of alkyl halides is 3. The molecule has 2 aromatic carbocycles. The molecule has 3 aromatic heterocycles. The highest BCUT2D eigenvalue weighted by molar-refractivity contribution is 7.22. The lowest BCUT2D eigenvalue weighted by Gasteiger charge is -2.19. The van der Waals surface area contributed by atoms with E-state index in [1.165, 1.54) is 32.4 Å². The Balaban J connectivity index is 0.000000864. The fourth-order valence-corrected chi connectivity index (χ4v) is 7.01. The van der Waals surface area contributed by atoms with Gasteiger partial charge in [-0.15, -0.1) is 11.3 Å². The number of aromatic nitrogens is 3. The van der Waals surface area contributed by atoms with E-state index < -0.39 is 58.4 Å². The number of anilines is 1. The molecule has 1 aliphatic rings. The van der Waals surface area contributed by atoms with Crippen LogP contribution in [0.2, 0.25) is 0 Å². The number of primary amides is 1. The smallest absolute Gasteiger partial charge is 0.416 e. The summed E-state index contributed by atoms with van der Waals surface area (Å²) < 4.78 is 79.7. The van der Waals surface area contributed by atoms with Crippen molar-refractivity contribution >= 4 is 33.4 Å². The van der Waals surface area contributed by atoms with Crippen LogP contribution in [0.4, 0.5) is 32.6 Å². The molecular weight excluding hydrogens is 737 g/mol. The Hall–Kier alpha value is -5.85. The Kier molecular flexibility index (Phi) is 12.0. The largest absolute Gasteiger partial charge is 0.494 e. The summed E-state index contributed by atoms with van der Waals surface area (Å²) in [5, 5.41) is -0.0244. The summed E-state index contributed by atoms with van der Waals surface area (Å²) >= 11 is 0.992. The Morgan fingerprint density at radius 3 is 2.35 bits per heavy atom. The van der Waals surface area contributed by atoms with Gasteiger partial charge in [0.2, 0.25) is 0 Å². The van der Waals surface area contributed by atoms with Gasteiger partial charge in [-0.25, -0.2) is 33.4 Å². The highest BCUT2D eigenvalue weighted by atomic mass is 32.1. The van der Waals surface area contributed by atoms with Gasteiger partial charge in [-0.3, -0.25) is 14.2 Å². The van der Waals surface area contributed by atoms with Crippen LogP contribution in [0.1, 0.15) is 16.7 Å². The number of ether oxygens (including phenoxy) is 1. The average Bonchev–Trinajstić information content (AvgIpc) is 3.50. The molecular formula is C36H34F5N7O5S. The summed E-state index contributed by atoms with van der Waals surface area (Å²) in [4.78, 5) is 51.0. The minimum atomic E-state index is -4.95. The molecule has 0 saturated heterocycles. The zero-order chi connectivity index (χ0) is 39.3. The van der Waals surface area contributed by atoms with Crippen molar-refractivity contribution in [3.8, 4) is 21.9 Å². The number of urea groups is 1. The summed E-state index contributed by atoms with van der Waals surface area (Å²) in [5.74, 6) is -1.83. The van der Waals surface area contributed by atoms with Crippen LogP contribution in [-0.2, 0) is 24.1 Å². The van der Waals surface area contributed by atoms with Gasteiger partial charge in [0.25, 0.3) is 5.56 Å². The third-order valence-electron chi connectivity index (χ3n) is 8.01. The van der Waals surface area contributed by atoms with E-state index in [0.717, 1.165) is 34.1 Å². The number of carbonyl (C=O) groups excluding carboxylic acids is 1. The van der Waals surface area contributed by atoms with Crippen molar-refractivity contribution in [1.82, 2.24) is 24.5 Å². The van der Waals surface area contributed by atoms with Crippen molar-refractivity contribution in [1.29, 1.82) is 0 Å². The number of methoxy groups -OCH3 is 1. The maximum Gasteiger partial charge on any atom is 0.416 e. The SMILES string of the molecule is CONC(N)=O.COc1cccc(-n2c(=O)c3c(CN(C)C)c(-c4ccc(N5C=CC=CC5)nc4)sc3n(Cc3c(F)cccc3C(F)(F)F)c2=O)c1F. The molecule has 2 amide bonds. The third kappa shape index (κ3) is 8.19. The lowest BCUT2D eigenvalue weighted by molar-refractivity contribution is -0.138. The first kappa shape index (κ1) is 39.4. The van der Waals surface area contributed by atoms with E-state index in [-0.39, 0.29) is 22.5 Å². The Morgan fingerprint density at radius 1 is 1.04 bits per heavy atom. The van der Waals surface area contributed by atoms with Crippen molar-refractivity contribution in [2.75, 3.05) is 39.8 Å². The Morgan fingerprint density at radius 2 is 1.78 bits per heavy atom. The molecule has 0 saturated carbocycles. The number of benzene rings is 2. The quantitative estimate of drug-likeness (QED) is 0.142. The lowest BCUT2D eigenvalue weighted by atomic mass is 10.1.